The van der Waals surface area contributed by atoms with Gasteiger partial charge in [0.25, 0.3) is 0 Å². The van der Waals surface area contributed by atoms with Gasteiger partial charge in [-0.05, 0) is 57.4 Å². The van der Waals surface area contributed by atoms with Crippen molar-refractivity contribution in [1.82, 2.24) is 10.2 Å². The molecular weight excluding hydrogens is 318 g/mol. The van der Waals surface area contributed by atoms with Gasteiger partial charge in [-0.1, -0.05) is 0 Å². The van der Waals surface area contributed by atoms with Crippen molar-refractivity contribution in [1.29, 1.82) is 0 Å². The van der Waals surface area contributed by atoms with E-state index in [9.17, 15) is 9.59 Å². The number of hydrogen-bond acceptors (Lipinski definition) is 3. The number of carbonyl (C=O) groups excluding carboxylic acids is 2. The van der Waals surface area contributed by atoms with Crippen LogP contribution in [0.4, 0.5) is 10.5 Å². The summed E-state index contributed by atoms with van der Waals surface area (Å²) in [5, 5.41) is 3.06. The number of carbonyl (C=O) groups is 2. The van der Waals surface area contributed by atoms with E-state index in [0.717, 1.165) is 24.3 Å². The standard InChI is InChI=1S/C19H27N3O3/c1-13-5-4-6-14(2)22(13)19(24)20-15-11-18(23)21(12-15)16-7-9-17(25-3)10-8-16/h7-10,13-15H,4-6,11-12H2,1-3H3,(H,20,24)/t13-,14+,15-/m0/s1. The minimum absolute atomic E-state index is 0.0372. The number of ether oxygens (including phenoxy) is 1. The van der Waals surface area contributed by atoms with Crippen molar-refractivity contribution in [2.45, 2.75) is 57.7 Å². The van der Waals surface area contributed by atoms with E-state index in [4.69, 9.17) is 4.74 Å². The van der Waals surface area contributed by atoms with E-state index < -0.39 is 0 Å². The van der Waals surface area contributed by atoms with Crippen molar-refractivity contribution < 1.29 is 14.3 Å². The number of methoxy groups -OCH3 is 1. The molecule has 25 heavy (non-hydrogen) atoms. The molecular formula is C19H27N3O3. The molecule has 0 aliphatic carbocycles. The van der Waals surface area contributed by atoms with E-state index in [1.54, 1.807) is 12.0 Å². The Bertz CT molecular complexity index is 621. The molecule has 2 heterocycles. The minimum atomic E-state index is -0.150. The molecule has 3 rings (SSSR count). The van der Waals surface area contributed by atoms with Gasteiger partial charge in [0.2, 0.25) is 5.91 Å². The molecule has 0 radical (unpaired) electrons. The van der Waals surface area contributed by atoms with Gasteiger partial charge in [0.1, 0.15) is 5.75 Å². The second kappa shape index (κ2) is 7.33. The number of benzene rings is 1. The minimum Gasteiger partial charge on any atom is -0.497 e. The lowest BCUT2D eigenvalue weighted by Crippen LogP contribution is -2.54. The monoisotopic (exact) mass is 345 g/mol. The maximum atomic E-state index is 12.7. The van der Waals surface area contributed by atoms with Crippen LogP contribution in [0.3, 0.4) is 0 Å². The fourth-order valence-corrected chi connectivity index (χ4v) is 3.89. The van der Waals surface area contributed by atoms with Gasteiger partial charge in [0.05, 0.1) is 13.2 Å². The van der Waals surface area contributed by atoms with Crippen LogP contribution in [-0.4, -0.2) is 48.6 Å². The lowest BCUT2D eigenvalue weighted by molar-refractivity contribution is -0.117. The van der Waals surface area contributed by atoms with Crippen molar-refractivity contribution >= 4 is 17.6 Å². The molecule has 2 aliphatic heterocycles. The summed E-state index contributed by atoms with van der Waals surface area (Å²) < 4.78 is 5.15. The van der Waals surface area contributed by atoms with E-state index in [0.29, 0.717) is 13.0 Å². The Morgan fingerprint density at radius 3 is 2.40 bits per heavy atom. The summed E-state index contributed by atoms with van der Waals surface area (Å²) in [6, 6.07) is 7.72. The lowest BCUT2D eigenvalue weighted by atomic mass is 9.98. The van der Waals surface area contributed by atoms with Gasteiger partial charge in [-0.15, -0.1) is 0 Å². The zero-order chi connectivity index (χ0) is 18.0. The Kier molecular flexibility index (Phi) is 5.16. The molecule has 3 atom stereocenters. The summed E-state index contributed by atoms with van der Waals surface area (Å²) in [6.45, 7) is 4.70. The number of anilines is 1. The summed E-state index contributed by atoms with van der Waals surface area (Å²) in [4.78, 5) is 28.7. The second-order valence-electron chi connectivity index (χ2n) is 7.09. The smallest absolute Gasteiger partial charge is 0.318 e. The van der Waals surface area contributed by atoms with Gasteiger partial charge in [-0.2, -0.15) is 0 Å². The molecule has 3 amide bonds. The zero-order valence-electron chi connectivity index (χ0n) is 15.2. The van der Waals surface area contributed by atoms with Gasteiger partial charge in [-0.25, -0.2) is 4.79 Å². The first-order chi connectivity index (χ1) is 12.0. The summed E-state index contributed by atoms with van der Waals surface area (Å²) in [5.74, 6) is 0.795. The van der Waals surface area contributed by atoms with Crippen molar-refractivity contribution in [2.75, 3.05) is 18.6 Å². The van der Waals surface area contributed by atoms with Crippen LogP contribution in [0, 0.1) is 0 Å². The van der Waals surface area contributed by atoms with Crippen LogP contribution >= 0.6 is 0 Å². The van der Waals surface area contributed by atoms with Crippen molar-refractivity contribution in [3.63, 3.8) is 0 Å². The van der Waals surface area contributed by atoms with Crippen molar-refractivity contribution in [2.24, 2.45) is 0 Å². The summed E-state index contributed by atoms with van der Waals surface area (Å²) in [7, 11) is 1.62. The van der Waals surface area contributed by atoms with E-state index in [1.165, 1.54) is 6.42 Å². The van der Waals surface area contributed by atoms with E-state index in [2.05, 4.69) is 19.2 Å². The summed E-state index contributed by atoms with van der Waals surface area (Å²) >= 11 is 0. The number of amides is 3. The molecule has 2 aliphatic rings. The van der Waals surface area contributed by atoms with Gasteiger partial charge < -0.3 is 19.9 Å². The molecule has 2 saturated heterocycles. The number of hydrogen-bond donors (Lipinski definition) is 1. The molecule has 2 fully saturated rings. The fraction of sp³-hybridized carbons (Fsp3) is 0.579. The second-order valence-corrected chi connectivity index (χ2v) is 7.09. The number of likely N-dealkylation sites (tertiary alicyclic amines) is 1. The van der Waals surface area contributed by atoms with E-state index >= 15 is 0 Å². The Balaban J connectivity index is 1.63. The van der Waals surface area contributed by atoms with E-state index in [1.807, 2.05) is 29.2 Å². The van der Waals surface area contributed by atoms with Crippen LogP contribution in [-0.2, 0) is 4.79 Å². The Labute approximate surface area is 149 Å². The van der Waals surface area contributed by atoms with Gasteiger partial charge in [0.15, 0.2) is 0 Å². The molecule has 1 aromatic rings. The lowest BCUT2D eigenvalue weighted by Gasteiger charge is -2.39. The molecule has 0 unspecified atom stereocenters. The van der Waals surface area contributed by atoms with Crippen molar-refractivity contribution in [3.8, 4) is 5.75 Å². The third kappa shape index (κ3) is 3.72. The highest BCUT2D eigenvalue weighted by molar-refractivity contribution is 5.96. The highest BCUT2D eigenvalue weighted by atomic mass is 16.5. The highest BCUT2D eigenvalue weighted by Gasteiger charge is 2.35. The van der Waals surface area contributed by atoms with E-state index in [-0.39, 0.29) is 30.1 Å². The van der Waals surface area contributed by atoms with Crippen LogP contribution in [0.5, 0.6) is 5.75 Å². The van der Waals surface area contributed by atoms with Crippen LogP contribution < -0.4 is 15.0 Å². The number of piperidine rings is 1. The number of nitrogens with zero attached hydrogens (tertiary/aromatic N) is 2. The largest absolute Gasteiger partial charge is 0.497 e. The van der Waals surface area contributed by atoms with Gasteiger partial charge >= 0.3 is 6.03 Å². The molecule has 0 saturated carbocycles. The van der Waals surface area contributed by atoms with Crippen LogP contribution in [0.2, 0.25) is 0 Å². The van der Waals surface area contributed by atoms with Crippen LogP contribution in [0.15, 0.2) is 24.3 Å². The summed E-state index contributed by atoms with van der Waals surface area (Å²) in [5.41, 5.74) is 0.835. The zero-order valence-corrected chi connectivity index (χ0v) is 15.2. The Hall–Kier alpha value is -2.24. The predicted molar refractivity (Wildman–Crippen MR) is 96.9 cm³/mol. The number of urea groups is 1. The molecule has 0 bridgehead atoms. The Morgan fingerprint density at radius 2 is 1.80 bits per heavy atom. The first kappa shape index (κ1) is 17.6. The third-order valence-corrected chi connectivity index (χ3v) is 5.26. The third-order valence-electron chi connectivity index (χ3n) is 5.26. The molecule has 1 aromatic carbocycles. The first-order valence-corrected chi connectivity index (χ1v) is 9.03. The quantitative estimate of drug-likeness (QED) is 0.916. The van der Waals surface area contributed by atoms with Gasteiger partial charge in [-0.3, -0.25) is 4.79 Å². The first-order valence-electron chi connectivity index (χ1n) is 9.03. The molecule has 6 nitrogen and oxygen atoms in total. The summed E-state index contributed by atoms with van der Waals surface area (Å²) in [6.07, 6.45) is 3.59. The predicted octanol–water partition coefficient (Wildman–Crippen LogP) is 2.77. The maximum absolute atomic E-state index is 12.7. The molecule has 0 aromatic heterocycles. The SMILES string of the molecule is COc1ccc(N2C[C@@H](NC(=O)N3[C@H](C)CCC[C@@H]3C)CC2=O)cc1. The Morgan fingerprint density at radius 1 is 1.16 bits per heavy atom. The van der Waals surface area contributed by atoms with Gasteiger partial charge in [0, 0.05) is 30.7 Å². The molecule has 0 spiro atoms. The molecule has 1 N–H and O–H groups in total. The maximum Gasteiger partial charge on any atom is 0.318 e. The number of rotatable bonds is 3. The molecule has 6 heteroatoms. The highest BCUT2D eigenvalue weighted by Crippen LogP contribution is 2.26. The van der Waals surface area contributed by atoms with Crippen molar-refractivity contribution in [3.05, 3.63) is 24.3 Å². The van der Waals surface area contributed by atoms with Crippen LogP contribution in [0.1, 0.15) is 39.5 Å². The normalized spacial score (nSPS) is 26.7. The topological polar surface area (TPSA) is 61.9 Å². The average Bonchev–Trinajstić information content (AvgIpc) is 2.95. The van der Waals surface area contributed by atoms with Crippen LogP contribution in [0.25, 0.3) is 0 Å². The molecule has 136 valence electrons. The average molecular weight is 345 g/mol. The fourth-order valence-electron chi connectivity index (χ4n) is 3.89. The number of nitrogens with one attached hydrogen (secondary N) is 1.